The molecule has 1 aliphatic heterocycles. The van der Waals surface area contributed by atoms with Crippen LogP contribution in [0, 0.1) is 5.92 Å². The highest BCUT2D eigenvalue weighted by Crippen LogP contribution is 2.59. The van der Waals surface area contributed by atoms with Gasteiger partial charge in [0.25, 0.3) is 5.91 Å². The van der Waals surface area contributed by atoms with Crippen LogP contribution in [0.25, 0.3) is 0 Å². The topological polar surface area (TPSA) is 72.6 Å². The van der Waals surface area contributed by atoms with Crippen LogP contribution in [-0.2, 0) is 21.1 Å². The van der Waals surface area contributed by atoms with Crippen molar-refractivity contribution in [1.82, 2.24) is 10.1 Å². The van der Waals surface area contributed by atoms with Crippen molar-refractivity contribution in [2.45, 2.75) is 42.1 Å². The summed E-state index contributed by atoms with van der Waals surface area (Å²) in [7, 11) is -2.80. The molecular formula is C21H20F6N2O4S. The number of piperidine rings is 1. The van der Waals surface area contributed by atoms with Crippen LogP contribution < -0.4 is 4.74 Å². The van der Waals surface area contributed by atoms with Crippen LogP contribution in [-0.4, -0.2) is 57.7 Å². The number of fused-ring (bicyclic) bond motifs is 1. The number of carbonyl (C=O) groups excluding carboxylic acids is 1. The highest BCUT2D eigenvalue weighted by atomic mass is 32.2. The first kappa shape index (κ1) is 24.4. The molecule has 1 aliphatic carbocycles. The summed E-state index contributed by atoms with van der Waals surface area (Å²) in [5, 5.41) is 3.55. The lowest BCUT2D eigenvalue weighted by Gasteiger charge is -2.24. The van der Waals surface area contributed by atoms with Crippen LogP contribution in [0.1, 0.15) is 35.2 Å². The van der Waals surface area contributed by atoms with Crippen LogP contribution in [0.2, 0.25) is 0 Å². The Morgan fingerprint density at radius 2 is 1.97 bits per heavy atom. The molecule has 1 aromatic heterocycles. The molecule has 6 nitrogen and oxygen atoms in total. The Hall–Kier alpha value is -2.70. The third-order valence-corrected chi connectivity index (χ3v) is 7.43. The molecule has 2 heterocycles. The molecule has 0 spiro atoms. The zero-order valence-electron chi connectivity index (χ0n) is 18.0. The molecule has 4 atom stereocenters. The molecule has 1 aromatic carbocycles. The smallest absolute Gasteiger partial charge is 0.452 e. The standard InChI is InChI=1S/C21H20F6N2O4S/c1-11(20(22,23)24)32-15-5-4-13(34(2,3)31)6-14(15)18(30)29-9-12-8-19(12,10-29)16-7-17(33-28-16)21(25,26)27/h4-7,11-12H,2,8-10H2,1,3H3/t11-,12+,19+,34?/m1/s1. The molecule has 0 radical (unpaired) electrons. The molecule has 0 bridgehead atoms. The van der Waals surface area contributed by atoms with E-state index in [9.17, 15) is 35.3 Å². The van der Waals surface area contributed by atoms with E-state index < -0.39 is 45.1 Å². The second kappa shape index (κ2) is 7.65. The molecule has 13 heteroatoms. The van der Waals surface area contributed by atoms with Gasteiger partial charge in [-0.15, -0.1) is 0 Å². The number of benzene rings is 1. The van der Waals surface area contributed by atoms with Crippen molar-refractivity contribution in [1.29, 1.82) is 0 Å². The van der Waals surface area contributed by atoms with Crippen LogP contribution in [0.3, 0.4) is 0 Å². The number of ether oxygens (including phenoxy) is 1. The number of hydrogen-bond acceptors (Lipinski definition) is 5. The molecule has 186 valence electrons. The first-order valence-electron chi connectivity index (χ1n) is 10.1. The first-order chi connectivity index (χ1) is 15.5. The number of amides is 1. The van der Waals surface area contributed by atoms with Crippen molar-refractivity contribution < 1.29 is 44.6 Å². The predicted molar refractivity (Wildman–Crippen MR) is 109 cm³/mol. The number of hydrogen-bond donors (Lipinski definition) is 0. The molecule has 2 aliphatic rings. The number of aromatic nitrogens is 1. The highest BCUT2D eigenvalue weighted by molar-refractivity contribution is 7.99. The normalized spacial score (nSPS) is 24.9. The van der Waals surface area contributed by atoms with Gasteiger partial charge in [0.15, 0.2) is 6.10 Å². The lowest BCUT2D eigenvalue weighted by Crippen LogP contribution is -2.35. The molecule has 4 rings (SSSR count). The second-order valence-electron chi connectivity index (χ2n) is 8.78. The fraction of sp³-hybridized carbons (Fsp3) is 0.476. The number of rotatable bonds is 5. The Morgan fingerprint density at radius 1 is 1.29 bits per heavy atom. The molecule has 2 aromatic rings. The SMILES string of the molecule is C=S(C)(=O)c1ccc(O[C@H](C)C(F)(F)F)c(C(=O)N2C[C@@H]3C[C@]3(c3cc(C(F)(F)F)on3)C2)c1. The van der Waals surface area contributed by atoms with Gasteiger partial charge in [0.2, 0.25) is 5.76 Å². The number of likely N-dealkylation sites (tertiary alicyclic amines) is 1. The minimum atomic E-state index is -4.70. The average molecular weight is 510 g/mol. The van der Waals surface area contributed by atoms with Gasteiger partial charge in [-0.3, -0.25) is 9.00 Å². The summed E-state index contributed by atoms with van der Waals surface area (Å²) in [5.74, 6) is 1.07. The van der Waals surface area contributed by atoms with Gasteiger partial charge in [0.05, 0.1) is 11.3 Å². The zero-order valence-corrected chi connectivity index (χ0v) is 18.8. The Bertz CT molecular complexity index is 1240. The van der Waals surface area contributed by atoms with Gasteiger partial charge in [-0.2, -0.15) is 26.3 Å². The van der Waals surface area contributed by atoms with E-state index in [1.807, 2.05) is 0 Å². The average Bonchev–Trinajstić information content (AvgIpc) is 3.07. The Morgan fingerprint density at radius 3 is 2.53 bits per heavy atom. The van der Waals surface area contributed by atoms with Crippen molar-refractivity contribution >= 4 is 21.3 Å². The summed E-state index contributed by atoms with van der Waals surface area (Å²) in [4.78, 5) is 14.8. The molecule has 1 unspecified atom stereocenters. The van der Waals surface area contributed by atoms with Gasteiger partial charge >= 0.3 is 12.4 Å². The summed E-state index contributed by atoms with van der Waals surface area (Å²) < 4.78 is 99.6. The lowest BCUT2D eigenvalue weighted by molar-refractivity contribution is -0.189. The Kier molecular flexibility index (Phi) is 5.50. The maximum absolute atomic E-state index is 13.3. The van der Waals surface area contributed by atoms with Gasteiger partial charge in [-0.25, -0.2) is 0 Å². The van der Waals surface area contributed by atoms with Crippen molar-refractivity contribution in [3.05, 3.63) is 41.3 Å². The molecule has 34 heavy (non-hydrogen) atoms. The lowest BCUT2D eigenvalue weighted by atomic mass is 10.0. The summed E-state index contributed by atoms with van der Waals surface area (Å²) in [6.45, 7) is 0.956. The van der Waals surface area contributed by atoms with Crippen molar-refractivity contribution in [3.63, 3.8) is 0 Å². The molecule has 1 saturated carbocycles. The van der Waals surface area contributed by atoms with Gasteiger partial charge < -0.3 is 14.2 Å². The van der Waals surface area contributed by atoms with E-state index in [1.54, 1.807) is 0 Å². The Balaban J connectivity index is 1.63. The summed E-state index contributed by atoms with van der Waals surface area (Å²) in [6, 6.07) is 4.41. The molecule has 1 amide bonds. The molecule has 1 saturated heterocycles. The van der Waals surface area contributed by atoms with E-state index in [2.05, 4.69) is 15.6 Å². The van der Waals surface area contributed by atoms with E-state index >= 15 is 0 Å². The van der Waals surface area contributed by atoms with E-state index in [-0.39, 0.29) is 40.9 Å². The Labute approximate surface area is 190 Å². The fourth-order valence-corrected chi connectivity index (χ4v) is 4.88. The van der Waals surface area contributed by atoms with Crippen LogP contribution in [0.15, 0.2) is 33.7 Å². The predicted octanol–water partition coefficient (Wildman–Crippen LogP) is 4.14. The largest absolute Gasteiger partial charge is 0.480 e. The molecular weight excluding hydrogens is 490 g/mol. The quantitative estimate of drug-likeness (QED) is 0.447. The second-order valence-corrected chi connectivity index (χ2v) is 11.3. The maximum atomic E-state index is 13.3. The number of alkyl halides is 6. The zero-order chi connectivity index (χ0) is 25.3. The van der Waals surface area contributed by atoms with E-state index in [0.717, 1.165) is 19.1 Å². The van der Waals surface area contributed by atoms with Gasteiger partial charge in [0.1, 0.15) is 5.75 Å². The van der Waals surface area contributed by atoms with Crippen LogP contribution in [0.5, 0.6) is 5.75 Å². The van der Waals surface area contributed by atoms with Crippen molar-refractivity contribution in [3.8, 4) is 5.75 Å². The van der Waals surface area contributed by atoms with Gasteiger partial charge in [-0.05, 0) is 52.9 Å². The van der Waals surface area contributed by atoms with E-state index in [0.29, 0.717) is 6.42 Å². The molecule has 2 fully saturated rings. The van der Waals surface area contributed by atoms with Crippen molar-refractivity contribution in [2.24, 2.45) is 5.92 Å². The van der Waals surface area contributed by atoms with Crippen LogP contribution in [0.4, 0.5) is 26.3 Å². The van der Waals surface area contributed by atoms with Crippen LogP contribution >= 0.6 is 0 Å². The van der Waals surface area contributed by atoms with Gasteiger partial charge in [0, 0.05) is 35.7 Å². The summed E-state index contributed by atoms with van der Waals surface area (Å²) in [6.07, 6.45) is -9.80. The van der Waals surface area contributed by atoms with E-state index in [4.69, 9.17) is 4.74 Å². The maximum Gasteiger partial charge on any atom is 0.452 e. The minimum absolute atomic E-state index is 0.00466. The molecule has 0 N–H and O–H groups in total. The number of nitrogens with zero attached hydrogens (tertiary/aromatic N) is 2. The minimum Gasteiger partial charge on any atom is -0.480 e. The number of carbonyl (C=O) groups is 1. The highest BCUT2D eigenvalue weighted by Gasteiger charge is 2.64. The van der Waals surface area contributed by atoms with Gasteiger partial charge in [-0.1, -0.05) is 5.16 Å². The third-order valence-electron chi connectivity index (χ3n) is 6.18. The third kappa shape index (κ3) is 4.37. The van der Waals surface area contributed by atoms with E-state index in [1.165, 1.54) is 23.3 Å². The van der Waals surface area contributed by atoms with Crippen molar-refractivity contribution in [2.75, 3.05) is 19.3 Å². The number of halogens is 6. The first-order valence-corrected chi connectivity index (χ1v) is 12.2. The summed E-state index contributed by atoms with van der Waals surface area (Å²) >= 11 is 0. The summed E-state index contributed by atoms with van der Waals surface area (Å²) in [5.41, 5.74) is -0.977. The monoisotopic (exact) mass is 510 g/mol. The fourth-order valence-electron chi connectivity index (χ4n) is 4.15.